The first-order valence-corrected chi connectivity index (χ1v) is 6.06. The minimum atomic E-state index is -0.183. The van der Waals surface area contributed by atoms with Crippen LogP contribution in [0.5, 0.6) is 0 Å². The van der Waals surface area contributed by atoms with Crippen molar-refractivity contribution in [2.45, 2.75) is 32.3 Å². The summed E-state index contributed by atoms with van der Waals surface area (Å²) in [6.07, 6.45) is 4.34. The lowest BCUT2D eigenvalue weighted by atomic mass is 10.2. The van der Waals surface area contributed by atoms with Crippen molar-refractivity contribution in [2.24, 2.45) is 4.99 Å². The fraction of sp³-hybridized carbons (Fsp3) is 0.429. The summed E-state index contributed by atoms with van der Waals surface area (Å²) in [6.45, 7) is 0.817. The third-order valence-electron chi connectivity index (χ3n) is 2.46. The van der Waals surface area contributed by atoms with Crippen LogP contribution in [-0.2, 0) is 20.9 Å². The average molecular weight is 247 g/mol. The van der Waals surface area contributed by atoms with Crippen molar-refractivity contribution in [1.29, 1.82) is 0 Å². The maximum Gasteiger partial charge on any atom is 0.306 e. The zero-order chi connectivity index (χ0) is 13.1. The number of unbranched alkanes of at least 4 members (excludes halogenated alkanes) is 2. The first-order chi connectivity index (χ1) is 8.83. The van der Waals surface area contributed by atoms with Crippen molar-refractivity contribution in [3.8, 4) is 0 Å². The van der Waals surface area contributed by atoms with Gasteiger partial charge in [0.1, 0.15) is 6.61 Å². The molecule has 0 aromatic heterocycles. The van der Waals surface area contributed by atoms with Crippen molar-refractivity contribution in [1.82, 2.24) is 0 Å². The lowest BCUT2D eigenvalue weighted by Gasteiger charge is -2.04. The SMILES string of the molecule is O=C=NCCCCCC(=O)OCc1ccccc1. The maximum atomic E-state index is 11.4. The molecule has 1 aromatic rings. The van der Waals surface area contributed by atoms with Crippen molar-refractivity contribution in [3.05, 3.63) is 35.9 Å². The van der Waals surface area contributed by atoms with Gasteiger partial charge in [-0.25, -0.2) is 9.79 Å². The van der Waals surface area contributed by atoms with Crippen LogP contribution in [0.1, 0.15) is 31.2 Å². The number of isocyanates is 1. The van der Waals surface area contributed by atoms with Gasteiger partial charge in [-0.15, -0.1) is 0 Å². The highest BCUT2D eigenvalue weighted by Crippen LogP contribution is 2.05. The number of carbonyl (C=O) groups is 1. The molecule has 0 fully saturated rings. The topological polar surface area (TPSA) is 55.7 Å². The smallest absolute Gasteiger partial charge is 0.306 e. The molecule has 0 radical (unpaired) electrons. The van der Waals surface area contributed by atoms with Gasteiger partial charge < -0.3 is 4.74 Å². The quantitative estimate of drug-likeness (QED) is 0.307. The van der Waals surface area contributed by atoms with Crippen LogP contribution in [0.15, 0.2) is 35.3 Å². The molecule has 0 aliphatic heterocycles. The molecule has 1 aromatic carbocycles. The Bertz CT molecular complexity index is 397. The summed E-state index contributed by atoms with van der Waals surface area (Å²) >= 11 is 0. The van der Waals surface area contributed by atoms with Crippen molar-refractivity contribution in [3.63, 3.8) is 0 Å². The van der Waals surface area contributed by atoms with E-state index in [-0.39, 0.29) is 5.97 Å². The molecule has 0 saturated heterocycles. The molecular weight excluding hydrogens is 230 g/mol. The van der Waals surface area contributed by atoms with Gasteiger partial charge in [0.2, 0.25) is 6.08 Å². The molecule has 4 heteroatoms. The Morgan fingerprint density at radius 3 is 2.67 bits per heavy atom. The number of rotatable bonds is 8. The Morgan fingerprint density at radius 2 is 1.94 bits per heavy atom. The number of aliphatic imine (C=N–C) groups is 1. The number of nitrogens with zero attached hydrogens (tertiary/aromatic N) is 1. The van der Waals surface area contributed by atoms with Gasteiger partial charge in [0.25, 0.3) is 0 Å². The maximum absolute atomic E-state index is 11.4. The van der Waals surface area contributed by atoms with Crippen LogP contribution in [0, 0.1) is 0 Å². The van der Waals surface area contributed by atoms with Gasteiger partial charge in [-0.1, -0.05) is 36.8 Å². The molecule has 0 spiro atoms. The van der Waals surface area contributed by atoms with Gasteiger partial charge in [0.05, 0.1) is 6.54 Å². The molecular formula is C14H17NO3. The number of hydrogen-bond acceptors (Lipinski definition) is 4. The third kappa shape index (κ3) is 6.61. The van der Waals surface area contributed by atoms with Gasteiger partial charge in [0.15, 0.2) is 0 Å². The molecule has 0 atom stereocenters. The largest absolute Gasteiger partial charge is 0.461 e. The highest BCUT2D eigenvalue weighted by atomic mass is 16.5. The van der Waals surface area contributed by atoms with Gasteiger partial charge in [-0.3, -0.25) is 4.79 Å². The highest BCUT2D eigenvalue weighted by Gasteiger charge is 2.02. The van der Waals surface area contributed by atoms with Crippen molar-refractivity contribution >= 4 is 12.0 Å². The molecule has 0 unspecified atom stereocenters. The first-order valence-electron chi connectivity index (χ1n) is 6.06. The van der Waals surface area contributed by atoms with Crippen molar-refractivity contribution < 1.29 is 14.3 Å². The van der Waals surface area contributed by atoms with E-state index >= 15 is 0 Å². The molecule has 0 aliphatic carbocycles. The van der Waals surface area contributed by atoms with Crippen LogP contribution < -0.4 is 0 Å². The summed E-state index contributed by atoms with van der Waals surface area (Å²) in [7, 11) is 0. The summed E-state index contributed by atoms with van der Waals surface area (Å²) < 4.78 is 5.13. The molecule has 0 heterocycles. The predicted molar refractivity (Wildman–Crippen MR) is 67.7 cm³/mol. The average Bonchev–Trinajstić information content (AvgIpc) is 2.41. The Morgan fingerprint density at radius 1 is 1.17 bits per heavy atom. The van der Waals surface area contributed by atoms with Crippen LogP contribution in [0.2, 0.25) is 0 Å². The van der Waals surface area contributed by atoms with E-state index in [0.29, 0.717) is 19.6 Å². The van der Waals surface area contributed by atoms with E-state index in [0.717, 1.165) is 24.8 Å². The lowest BCUT2D eigenvalue weighted by Crippen LogP contribution is -2.04. The normalized spacial score (nSPS) is 9.56. The molecule has 18 heavy (non-hydrogen) atoms. The molecule has 0 saturated carbocycles. The Balaban J connectivity index is 2.05. The molecule has 0 aliphatic rings. The van der Waals surface area contributed by atoms with Crippen LogP contribution in [0.25, 0.3) is 0 Å². The minimum Gasteiger partial charge on any atom is -0.461 e. The van der Waals surface area contributed by atoms with E-state index in [2.05, 4.69) is 4.99 Å². The van der Waals surface area contributed by atoms with E-state index in [1.54, 1.807) is 0 Å². The second kappa shape index (κ2) is 9.14. The molecule has 0 amide bonds. The van der Waals surface area contributed by atoms with Crippen LogP contribution in [0.4, 0.5) is 0 Å². The number of benzene rings is 1. The fourth-order valence-corrected chi connectivity index (χ4v) is 1.49. The second-order valence-electron chi connectivity index (χ2n) is 3.93. The van der Waals surface area contributed by atoms with Crippen LogP contribution in [-0.4, -0.2) is 18.6 Å². The molecule has 4 nitrogen and oxygen atoms in total. The number of hydrogen-bond donors (Lipinski definition) is 0. The number of esters is 1. The van der Waals surface area contributed by atoms with E-state index < -0.39 is 0 Å². The summed E-state index contributed by atoms with van der Waals surface area (Å²) in [5, 5.41) is 0. The second-order valence-corrected chi connectivity index (χ2v) is 3.93. The lowest BCUT2D eigenvalue weighted by molar-refractivity contribution is -0.145. The van der Waals surface area contributed by atoms with E-state index in [1.807, 2.05) is 30.3 Å². The zero-order valence-corrected chi connectivity index (χ0v) is 10.3. The van der Waals surface area contributed by atoms with Crippen LogP contribution >= 0.6 is 0 Å². The standard InChI is InChI=1S/C14H17NO3/c16-12-15-10-6-2-5-9-14(17)18-11-13-7-3-1-4-8-13/h1,3-4,7-8H,2,5-6,9-11H2. The molecule has 96 valence electrons. The van der Waals surface area contributed by atoms with E-state index in [9.17, 15) is 9.59 Å². The van der Waals surface area contributed by atoms with Crippen molar-refractivity contribution in [2.75, 3.05) is 6.54 Å². The summed E-state index contributed by atoms with van der Waals surface area (Å²) in [6, 6.07) is 9.59. The molecule has 1 rings (SSSR count). The first kappa shape index (κ1) is 14.1. The van der Waals surface area contributed by atoms with E-state index in [1.165, 1.54) is 6.08 Å². The van der Waals surface area contributed by atoms with Gasteiger partial charge in [-0.2, -0.15) is 0 Å². The summed E-state index contributed by atoms with van der Waals surface area (Å²) in [4.78, 5) is 24.6. The molecule has 0 N–H and O–H groups in total. The number of ether oxygens (including phenoxy) is 1. The van der Waals surface area contributed by atoms with Gasteiger partial charge in [0, 0.05) is 6.42 Å². The van der Waals surface area contributed by atoms with Crippen LogP contribution in [0.3, 0.4) is 0 Å². The van der Waals surface area contributed by atoms with Gasteiger partial charge >= 0.3 is 5.97 Å². The summed E-state index contributed by atoms with van der Waals surface area (Å²) in [5.74, 6) is -0.183. The highest BCUT2D eigenvalue weighted by molar-refractivity contribution is 5.69. The Labute approximate surface area is 107 Å². The Kier molecular flexibility index (Phi) is 7.17. The Hall–Kier alpha value is -1.93. The third-order valence-corrected chi connectivity index (χ3v) is 2.46. The van der Waals surface area contributed by atoms with Gasteiger partial charge in [-0.05, 0) is 18.4 Å². The monoisotopic (exact) mass is 247 g/mol. The summed E-state index contributed by atoms with van der Waals surface area (Å²) in [5.41, 5.74) is 0.992. The predicted octanol–water partition coefficient (Wildman–Crippen LogP) is 2.63. The minimum absolute atomic E-state index is 0.183. The zero-order valence-electron chi connectivity index (χ0n) is 10.3. The fourth-order valence-electron chi connectivity index (χ4n) is 1.49. The number of carbonyl (C=O) groups excluding carboxylic acids is 2. The molecule has 0 bridgehead atoms. The van der Waals surface area contributed by atoms with E-state index in [4.69, 9.17) is 4.74 Å².